The van der Waals surface area contributed by atoms with Crippen molar-refractivity contribution in [1.29, 1.82) is 0 Å². The second kappa shape index (κ2) is 7.28. The highest BCUT2D eigenvalue weighted by Crippen LogP contribution is 2.63. The van der Waals surface area contributed by atoms with E-state index in [1.54, 1.807) is 13.8 Å². The van der Waals surface area contributed by atoms with E-state index in [1.807, 2.05) is 27.7 Å². The number of ether oxygens (including phenoxy) is 3. The molecule has 2 unspecified atom stereocenters. The Balaban J connectivity index is 1.68. The molecule has 6 heteroatoms. The second-order valence-corrected chi connectivity index (χ2v) is 11.2. The van der Waals surface area contributed by atoms with Crippen LogP contribution in [-0.2, 0) is 28.6 Å². The molecule has 0 heterocycles. The third-order valence-electron chi connectivity index (χ3n) is 6.93. The molecule has 4 aliphatic rings. The summed E-state index contributed by atoms with van der Waals surface area (Å²) in [5, 5.41) is 0. The van der Waals surface area contributed by atoms with E-state index in [4.69, 9.17) is 14.2 Å². The largest absolute Gasteiger partial charge is 0.460 e. The molecule has 0 aromatic carbocycles. The fourth-order valence-electron chi connectivity index (χ4n) is 5.66. The molecule has 0 aliphatic heterocycles. The molecule has 0 aromatic heterocycles. The molecular formula is C23H36O6. The summed E-state index contributed by atoms with van der Waals surface area (Å²) in [6, 6.07) is 0. The van der Waals surface area contributed by atoms with Gasteiger partial charge in [-0.1, -0.05) is 6.92 Å². The van der Waals surface area contributed by atoms with Gasteiger partial charge in [-0.25, -0.2) is 4.79 Å². The summed E-state index contributed by atoms with van der Waals surface area (Å²) in [6.07, 6.45) is 5.44. The molecule has 0 radical (unpaired) electrons. The predicted octanol–water partition coefficient (Wildman–Crippen LogP) is 4.19. The van der Waals surface area contributed by atoms with Gasteiger partial charge in [0.15, 0.2) is 6.61 Å². The van der Waals surface area contributed by atoms with E-state index >= 15 is 0 Å². The third-order valence-corrected chi connectivity index (χ3v) is 6.93. The van der Waals surface area contributed by atoms with Gasteiger partial charge in [0.25, 0.3) is 0 Å². The number of carbonyl (C=O) groups is 3. The lowest BCUT2D eigenvalue weighted by atomic mass is 9.48. The summed E-state index contributed by atoms with van der Waals surface area (Å²) < 4.78 is 16.9. The van der Waals surface area contributed by atoms with Crippen molar-refractivity contribution in [2.45, 2.75) is 97.7 Å². The van der Waals surface area contributed by atoms with Gasteiger partial charge in [-0.05, 0) is 85.0 Å². The first kappa shape index (κ1) is 22.1. The molecule has 0 amide bonds. The van der Waals surface area contributed by atoms with E-state index in [0.717, 1.165) is 32.1 Å². The van der Waals surface area contributed by atoms with Gasteiger partial charge < -0.3 is 14.2 Å². The number of carbonyl (C=O) groups excluding carboxylic acids is 3. The Bertz CT molecular complexity index is 672. The maximum absolute atomic E-state index is 13.1. The summed E-state index contributed by atoms with van der Waals surface area (Å²) in [6.45, 7) is 10.8. The minimum absolute atomic E-state index is 0.157. The first-order chi connectivity index (χ1) is 13.3. The van der Waals surface area contributed by atoms with Gasteiger partial charge in [-0.2, -0.15) is 0 Å². The van der Waals surface area contributed by atoms with E-state index in [1.165, 1.54) is 0 Å². The first-order valence-electron chi connectivity index (χ1n) is 10.9. The molecule has 0 N–H and O–H groups in total. The van der Waals surface area contributed by atoms with Gasteiger partial charge >= 0.3 is 17.9 Å². The summed E-state index contributed by atoms with van der Waals surface area (Å²) in [5.74, 6) is -0.328. The van der Waals surface area contributed by atoms with Crippen LogP contribution in [0.5, 0.6) is 0 Å². The highest BCUT2D eigenvalue weighted by molar-refractivity contribution is 5.80. The van der Waals surface area contributed by atoms with Crippen LogP contribution in [0.1, 0.15) is 86.5 Å². The van der Waals surface area contributed by atoms with Crippen molar-refractivity contribution in [1.82, 2.24) is 0 Å². The first-order valence-corrected chi connectivity index (χ1v) is 10.9. The Hall–Kier alpha value is -1.59. The molecule has 4 saturated carbocycles. The average molecular weight is 409 g/mol. The van der Waals surface area contributed by atoms with Crippen LogP contribution < -0.4 is 0 Å². The van der Waals surface area contributed by atoms with Crippen molar-refractivity contribution in [2.75, 3.05) is 6.61 Å². The molecule has 4 rings (SSSR count). The van der Waals surface area contributed by atoms with Crippen LogP contribution in [-0.4, -0.2) is 35.7 Å². The molecule has 164 valence electrons. The van der Waals surface area contributed by atoms with E-state index in [2.05, 4.69) is 0 Å². The van der Waals surface area contributed by atoms with E-state index in [9.17, 15) is 14.4 Å². The SMILES string of the molecule is CCC(C)(C)C(=O)OCC(=O)OC12CC3CC(C1)CC(C(=O)OC(C)(C)C)(C3)C2. The summed E-state index contributed by atoms with van der Waals surface area (Å²) in [4.78, 5) is 37.7. The summed E-state index contributed by atoms with van der Waals surface area (Å²) >= 11 is 0. The van der Waals surface area contributed by atoms with E-state index in [-0.39, 0.29) is 12.6 Å². The van der Waals surface area contributed by atoms with Crippen molar-refractivity contribution in [3.8, 4) is 0 Å². The number of esters is 3. The number of rotatable bonds is 6. The van der Waals surface area contributed by atoms with Crippen LogP contribution in [0.4, 0.5) is 0 Å². The molecule has 4 fully saturated rings. The van der Waals surface area contributed by atoms with Gasteiger partial charge in [-0.15, -0.1) is 0 Å². The van der Waals surface area contributed by atoms with Gasteiger partial charge in [0, 0.05) is 6.42 Å². The van der Waals surface area contributed by atoms with Crippen molar-refractivity contribution in [3.63, 3.8) is 0 Å². The van der Waals surface area contributed by atoms with E-state index < -0.39 is 34.0 Å². The van der Waals surface area contributed by atoms with Crippen LogP contribution in [0.25, 0.3) is 0 Å². The van der Waals surface area contributed by atoms with Gasteiger partial charge in [0.2, 0.25) is 0 Å². The molecule has 4 aliphatic carbocycles. The Labute approximate surface area is 174 Å². The fourth-order valence-corrected chi connectivity index (χ4v) is 5.66. The Morgan fingerprint density at radius 3 is 2.07 bits per heavy atom. The van der Waals surface area contributed by atoms with Gasteiger partial charge in [0.05, 0.1) is 10.8 Å². The second-order valence-electron chi connectivity index (χ2n) is 11.2. The van der Waals surface area contributed by atoms with Crippen LogP contribution in [0, 0.1) is 22.7 Å². The molecule has 0 aromatic rings. The fraction of sp³-hybridized carbons (Fsp3) is 0.870. The molecule has 0 saturated heterocycles. The van der Waals surface area contributed by atoms with Gasteiger partial charge in [0.1, 0.15) is 11.2 Å². The average Bonchev–Trinajstić information content (AvgIpc) is 2.56. The zero-order chi connectivity index (χ0) is 21.7. The maximum Gasteiger partial charge on any atom is 0.344 e. The van der Waals surface area contributed by atoms with Crippen LogP contribution in [0.2, 0.25) is 0 Å². The zero-order valence-corrected chi connectivity index (χ0v) is 18.8. The highest BCUT2D eigenvalue weighted by atomic mass is 16.6. The lowest BCUT2D eigenvalue weighted by Gasteiger charge is -2.60. The summed E-state index contributed by atoms with van der Waals surface area (Å²) in [7, 11) is 0. The Morgan fingerprint density at radius 1 is 0.966 bits per heavy atom. The molecule has 6 nitrogen and oxygen atoms in total. The quantitative estimate of drug-likeness (QED) is 0.484. The normalized spacial score (nSPS) is 33.3. The minimum atomic E-state index is -0.634. The molecule has 2 atom stereocenters. The molecular weight excluding hydrogens is 372 g/mol. The molecule has 4 bridgehead atoms. The standard InChI is InChI=1S/C23H36O6/c1-7-21(5,6)18(25)27-13-17(24)28-23-11-15-8-16(12-23)10-22(9-15,14-23)19(26)29-20(2,3)4/h15-16H,7-14H2,1-6H3. The molecule has 0 spiro atoms. The highest BCUT2D eigenvalue weighted by Gasteiger charge is 2.63. The monoisotopic (exact) mass is 408 g/mol. The Morgan fingerprint density at radius 2 is 1.55 bits per heavy atom. The lowest BCUT2D eigenvalue weighted by Crippen LogP contribution is -2.60. The lowest BCUT2D eigenvalue weighted by molar-refractivity contribution is -0.219. The maximum atomic E-state index is 13.1. The topological polar surface area (TPSA) is 78.9 Å². The van der Waals surface area contributed by atoms with E-state index in [0.29, 0.717) is 24.7 Å². The van der Waals surface area contributed by atoms with Crippen LogP contribution >= 0.6 is 0 Å². The minimum Gasteiger partial charge on any atom is -0.460 e. The van der Waals surface area contributed by atoms with Crippen LogP contribution in [0.15, 0.2) is 0 Å². The number of hydrogen-bond donors (Lipinski definition) is 0. The predicted molar refractivity (Wildman–Crippen MR) is 107 cm³/mol. The number of hydrogen-bond acceptors (Lipinski definition) is 6. The smallest absolute Gasteiger partial charge is 0.344 e. The van der Waals surface area contributed by atoms with Gasteiger partial charge in [-0.3, -0.25) is 9.59 Å². The van der Waals surface area contributed by atoms with Crippen molar-refractivity contribution >= 4 is 17.9 Å². The third kappa shape index (κ3) is 4.61. The zero-order valence-electron chi connectivity index (χ0n) is 18.8. The van der Waals surface area contributed by atoms with Crippen LogP contribution in [0.3, 0.4) is 0 Å². The molecule has 29 heavy (non-hydrogen) atoms. The van der Waals surface area contributed by atoms with Crippen molar-refractivity contribution < 1.29 is 28.6 Å². The van der Waals surface area contributed by atoms with Crippen molar-refractivity contribution in [2.24, 2.45) is 22.7 Å². The summed E-state index contributed by atoms with van der Waals surface area (Å²) in [5.41, 5.74) is -2.35. The Kier molecular flexibility index (Phi) is 5.55. The van der Waals surface area contributed by atoms with Crippen molar-refractivity contribution in [3.05, 3.63) is 0 Å².